The number of fused-ring (bicyclic) bond motifs is 5. The maximum absolute atomic E-state index is 14.1. The number of anilines is 1. The summed E-state index contributed by atoms with van der Waals surface area (Å²) in [5, 5.41) is 12.6. The number of nitrogens with zero attached hydrogens (tertiary/aromatic N) is 5. The van der Waals surface area contributed by atoms with Crippen molar-refractivity contribution < 1.29 is 33.4 Å². The van der Waals surface area contributed by atoms with Crippen LogP contribution in [0.3, 0.4) is 0 Å². The molecule has 0 spiro atoms. The molecule has 3 aromatic carbocycles. The Hall–Kier alpha value is -5.37. The van der Waals surface area contributed by atoms with E-state index < -0.39 is 35.1 Å². The Bertz CT molecular complexity index is 2580. The van der Waals surface area contributed by atoms with E-state index in [4.69, 9.17) is 9.47 Å². The number of H-pyrrole nitrogens is 1. The first-order valence-electron chi connectivity index (χ1n) is 23.1. The van der Waals surface area contributed by atoms with E-state index in [0.29, 0.717) is 54.2 Å². The van der Waals surface area contributed by atoms with Gasteiger partial charge in [0.25, 0.3) is 11.8 Å². The topological polar surface area (TPSA) is 168 Å². The lowest BCUT2D eigenvalue weighted by atomic mass is 9.70. The lowest BCUT2D eigenvalue weighted by Gasteiger charge is -2.44. The number of hydrogen-bond donors (Lipinski definition) is 2. The first-order chi connectivity index (χ1) is 31.5. The molecule has 4 aliphatic heterocycles. The molecular weight excluding hydrogens is 843 g/mol. The van der Waals surface area contributed by atoms with E-state index in [1.807, 2.05) is 12.1 Å². The van der Waals surface area contributed by atoms with Gasteiger partial charge in [0.1, 0.15) is 6.04 Å². The first-order valence-corrected chi connectivity index (χ1v) is 24.1. The van der Waals surface area contributed by atoms with E-state index in [1.54, 1.807) is 24.3 Å². The summed E-state index contributed by atoms with van der Waals surface area (Å²) in [6.07, 6.45) is 4.26. The fourth-order valence-corrected chi connectivity index (χ4v) is 11.4. The number of ketones is 1. The number of imide groups is 2. The largest absolute Gasteiger partial charge is 0.379 e. The molecule has 65 heavy (non-hydrogen) atoms. The number of hydrogen-bond acceptors (Lipinski definition) is 12. The molecule has 3 fully saturated rings. The van der Waals surface area contributed by atoms with Crippen LogP contribution in [0.25, 0.3) is 10.9 Å². The second-order valence-electron chi connectivity index (χ2n) is 18.2. The third-order valence-electron chi connectivity index (χ3n) is 14.1. The van der Waals surface area contributed by atoms with Crippen LogP contribution in [-0.2, 0) is 30.9 Å². The van der Waals surface area contributed by atoms with Gasteiger partial charge in [0.15, 0.2) is 5.78 Å². The Morgan fingerprint density at radius 3 is 2.35 bits per heavy atom. The number of aryl methyl sites for hydroxylation is 1. The highest BCUT2D eigenvalue weighted by Crippen LogP contribution is 2.46. The number of benzene rings is 3. The number of thioether (sulfide) groups is 1. The number of piperazine rings is 1. The maximum Gasteiger partial charge on any atom is 0.263 e. The molecule has 2 N–H and O–H groups in total. The summed E-state index contributed by atoms with van der Waals surface area (Å²) in [4.78, 5) is 77.6. The molecule has 0 bridgehead atoms. The minimum atomic E-state index is -0.986. The van der Waals surface area contributed by atoms with Gasteiger partial charge in [-0.2, -0.15) is 5.26 Å². The summed E-state index contributed by atoms with van der Waals surface area (Å²) in [7, 11) is 0. The van der Waals surface area contributed by atoms with Gasteiger partial charge >= 0.3 is 0 Å². The van der Waals surface area contributed by atoms with Crippen molar-refractivity contribution in [2.75, 3.05) is 82.9 Å². The Kier molecular flexibility index (Phi) is 13.0. The van der Waals surface area contributed by atoms with E-state index in [0.717, 1.165) is 110 Å². The van der Waals surface area contributed by atoms with Crippen LogP contribution in [0.4, 0.5) is 5.69 Å². The van der Waals surface area contributed by atoms with E-state index in [1.165, 1.54) is 23.0 Å². The number of amides is 4. The zero-order valence-electron chi connectivity index (χ0n) is 37.5. The fraction of sp³-hybridized carbons (Fsp3) is 0.480. The molecule has 5 aliphatic rings. The zero-order chi connectivity index (χ0) is 45.4. The minimum absolute atomic E-state index is 0.0600. The molecule has 4 amide bonds. The summed E-state index contributed by atoms with van der Waals surface area (Å²) < 4.78 is 11.7. The van der Waals surface area contributed by atoms with Crippen molar-refractivity contribution in [3.8, 4) is 6.07 Å². The van der Waals surface area contributed by atoms with Crippen LogP contribution in [0, 0.1) is 11.3 Å². The molecule has 4 aromatic rings. The number of rotatable bonds is 15. The molecule has 14 nitrogen and oxygen atoms in total. The zero-order valence-corrected chi connectivity index (χ0v) is 38.3. The van der Waals surface area contributed by atoms with Crippen LogP contribution in [0.1, 0.15) is 112 Å². The van der Waals surface area contributed by atoms with Gasteiger partial charge in [0.2, 0.25) is 11.8 Å². The normalized spacial score (nSPS) is 20.3. The van der Waals surface area contributed by atoms with Gasteiger partial charge in [0, 0.05) is 109 Å². The highest BCUT2D eigenvalue weighted by Gasteiger charge is 2.46. The number of ether oxygens (including phenoxy) is 2. The first kappa shape index (κ1) is 44.8. The van der Waals surface area contributed by atoms with Crippen molar-refractivity contribution in [3.63, 3.8) is 0 Å². The molecule has 1 atom stereocenters. The highest BCUT2D eigenvalue weighted by molar-refractivity contribution is 7.99. The highest BCUT2D eigenvalue weighted by atomic mass is 32.2. The van der Waals surface area contributed by atoms with Crippen LogP contribution < -0.4 is 10.2 Å². The predicted octanol–water partition coefficient (Wildman–Crippen LogP) is 5.68. The molecule has 1 aromatic heterocycles. The molecule has 1 aliphatic carbocycles. The van der Waals surface area contributed by atoms with E-state index in [2.05, 4.69) is 64.0 Å². The van der Waals surface area contributed by atoms with Crippen molar-refractivity contribution in [1.29, 1.82) is 5.26 Å². The second kappa shape index (κ2) is 18.9. The van der Waals surface area contributed by atoms with E-state index in [-0.39, 0.29) is 24.2 Å². The molecule has 5 heterocycles. The van der Waals surface area contributed by atoms with Crippen LogP contribution in [0.15, 0.2) is 53.4 Å². The quantitative estimate of drug-likeness (QED) is 0.0854. The third kappa shape index (κ3) is 8.63. The lowest BCUT2D eigenvalue weighted by Crippen LogP contribution is -2.54. The Balaban J connectivity index is 0.672. The number of carbonyl (C=O) groups excluding carboxylic acids is 5. The van der Waals surface area contributed by atoms with Gasteiger partial charge in [-0.15, -0.1) is 11.8 Å². The van der Waals surface area contributed by atoms with E-state index >= 15 is 0 Å². The van der Waals surface area contributed by atoms with Crippen LogP contribution >= 0.6 is 11.8 Å². The van der Waals surface area contributed by atoms with E-state index in [9.17, 15) is 29.2 Å². The third-order valence-corrected chi connectivity index (χ3v) is 15.1. The number of aromatic nitrogens is 1. The number of aromatic amines is 1. The molecule has 0 saturated carbocycles. The number of carbonyl (C=O) groups is 5. The smallest absolute Gasteiger partial charge is 0.263 e. The van der Waals surface area contributed by atoms with Gasteiger partial charge in [-0.25, -0.2) is 0 Å². The minimum Gasteiger partial charge on any atom is -0.379 e. The lowest BCUT2D eigenvalue weighted by molar-refractivity contribution is -0.136. The number of nitrogens with one attached hydrogen (secondary N) is 2. The van der Waals surface area contributed by atoms with Gasteiger partial charge < -0.3 is 24.3 Å². The van der Waals surface area contributed by atoms with Crippen molar-refractivity contribution in [1.82, 2.24) is 25.0 Å². The number of nitriles is 1. The Morgan fingerprint density at radius 2 is 1.62 bits per heavy atom. The van der Waals surface area contributed by atoms with Crippen molar-refractivity contribution in [3.05, 3.63) is 93.2 Å². The van der Waals surface area contributed by atoms with Gasteiger partial charge in [-0.1, -0.05) is 32.9 Å². The van der Waals surface area contributed by atoms with Crippen LogP contribution in [0.2, 0.25) is 0 Å². The average molecular weight is 900 g/mol. The van der Waals surface area contributed by atoms with Gasteiger partial charge in [0.05, 0.1) is 48.1 Å². The van der Waals surface area contributed by atoms with Crippen molar-refractivity contribution in [2.45, 2.75) is 81.7 Å². The SMILES string of the molecule is CCc1cc2c(cc1N1CCC(N3CCN(CCCOCCOCCSc4cccc5c4C(=O)N(C4CCC(=O)NC4=O)C5=O)CC3)CC1)C(C)(C)c1[nH]c3cc(C#N)ccc3c1C2=O. The van der Waals surface area contributed by atoms with Gasteiger partial charge in [-0.3, -0.25) is 39.1 Å². The molecule has 340 valence electrons. The monoisotopic (exact) mass is 899 g/mol. The molecule has 0 radical (unpaired) electrons. The predicted molar refractivity (Wildman–Crippen MR) is 248 cm³/mol. The van der Waals surface area contributed by atoms with Crippen molar-refractivity contribution in [2.24, 2.45) is 0 Å². The summed E-state index contributed by atoms with van der Waals surface area (Å²) in [6.45, 7) is 15.9. The Labute approximate surface area is 383 Å². The average Bonchev–Trinajstić information content (AvgIpc) is 3.83. The molecule has 1 unspecified atom stereocenters. The molecular formula is C50H57N7O7S. The molecule has 3 saturated heterocycles. The summed E-state index contributed by atoms with van der Waals surface area (Å²) in [5.74, 6) is -1.38. The van der Waals surface area contributed by atoms with Crippen LogP contribution in [0.5, 0.6) is 0 Å². The van der Waals surface area contributed by atoms with Crippen molar-refractivity contribution >= 4 is 57.8 Å². The standard InChI is InChI=1S/C50H57N7O7S/c1-4-32-28-36-37(50(2,3)46-44(45(36)59)34-10-9-31(30-51)27-38(34)52-46)29-40(32)56-16-13-33(14-17-56)55-20-18-54(19-21-55)15-6-22-63-23-24-64-25-26-65-41-8-5-7-35-43(41)49(62)57(48(35)61)39-11-12-42(58)53-47(39)60/h5,7-10,27-29,33,39,52H,4,6,11-26H2,1-3H3,(H,53,58,60). The second-order valence-corrected chi connectivity index (χ2v) is 19.4. The maximum atomic E-state index is 14.1. The number of piperidine rings is 2. The summed E-state index contributed by atoms with van der Waals surface area (Å²) >= 11 is 1.43. The molecule has 9 rings (SSSR count). The fourth-order valence-electron chi connectivity index (χ4n) is 10.5. The summed E-state index contributed by atoms with van der Waals surface area (Å²) in [5.41, 5.74) is 7.58. The Morgan fingerprint density at radius 1 is 0.846 bits per heavy atom. The van der Waals surface area contributed by atoms with Crippen LogP contribution in [-0.4, -0.2) is 139 Å². The molecule has 15 heteroatoms. The summed E-state index contributed by atoms with van der Waals surface area (Å²) in [6, 6.07) is 16.9. The van der Waals surface area contributed by atoms with Gasteiger partial charge in [-0.05, 0) is 79.6 Å².